The maximum atomic E-state index is 12.2. The third-order valence-electron chi connectivity index (χ3n) is 3.99. The number of nitrogens with one attached hydrogen (secondary N) is 1. The van der Waals surface area contributed by atoms with Crippen molar-refractivity contribution in [2.45, 2.75) is 32.4 Å². The molecule has 2 heterocycles. The van der Waals surface area contributed by atoms with Crippen molar-refractivity contribution >= 4 is 11.7 Å². The zero-order valence-corrected chi connectivity index (χ0v) is 13.2. The van der Waals surface area contributed by atoms with E-state index in [1.54, 1.807) is 4.68 Å². The van der Waals surface area contributed by atoms with Crippen LogP contribution in [0.1, 0.15) is 18.4 Å². The molecule has 1 aliphatic rings. The summed E-state index contributed by atoms with van der Waals surface area (Å²) < 4.78 is 7.03. The van der Waals surface area contributed by atoms with Crippen molar-refractivity contribution < 1.29 is 14.6 Å². The number of ether oxygens (including phenoxy) is 1. The summed E-state index contributed by atoms with van der Waals surface area (Å²) in [7, 11) is 0. The molecular formula is C17H21N3O3. The van der Waals surface area contributed by atoms with Gasteiger partial charge < -0.3 is 15.2 Å². The highest BCUT2D eigenvalue weighted by molar-refractivity contribution is 5.94. The molecule has 2 N–H and O–H groups in total. The van der Waals surface area contributed by atoms with Crippen LogP contribution in [0.3, 0.4) is 0 Å². The molecule has 0 spiro atoms. The lowest BCUT2D eigenvalue weighted by Crippen LogP contribution is -2.28. The van der Waals surface area contributed by atoms with Gasteiger partial charge in [0.2, 0.25) is 0 Å². The molecule has 23 heavy (non-hydrogen) atoms. The van der Waals surface area contributed by atoms with Crippen molar-refractivity contribution in [1.82, 2.24) is 9.78 Å². The van der Waals surface area contributed by atoms with E-state index in [0.717, 1.165) is 29.7 Å². The molecule has 3 rings (SSSR count). The van der Waals surface area contributed by atoms with Gasteiger partial charge in [-0.3, -0.25) is 4.79 Å². The number of rotatable bonds is 5. The number of aliphatic hydroxyl groups is 1. The van der Waals surface area contributed by atoms with E-state index in [2.05, 4.69) is 10.4 Å². The second kappa shape index (κ2) is 6.93. The maximum absolute atomic E-state index is 12.2. The number of carbonyl (C=O) groups is 1. The average Bonchev–Trinajstić information content (AvgIpc) is 3.19. The van der Waals surface area contributed by atoms with Gasteiger partial charge in [-0.25, -0.2) is 4.68 Å². The van der Waals surface area contributed by atoms with E-state index in [-0.39, 0.29) is 12.5 Å². The van der Waals surface area contributed by atoms with E-state index in [4.69, 9.17) is 4.74 Å². The fraction of sp³-hybridized carbons (Fsp3) is 0.412. The van der Waals surface area contributed by atoms with Crippen LogP contribution in [0, 0.1) is 6.92 Å². The number of aromatic nitrogens is 2. The van der Waals surface area contributed by atoms with Gasteiger partial charge >= 0.3 is 0 Å². The van der Waals surface area contributed by atoms with E-state index < -0.39 is 6.10 Å². The Bertz CT molecular complexity index is 690. The SMILES string of the molecule is Cc1ccccc1-c1cc(NC(=O)[C@@H]2CCCO2)n(CCO)n1. The predicted octanol–water partition coefficient (Wildman–Crippen LogP) is 1.97. The molecular weight excluding hydrogens is 294 g/mol. The van der Waals surface area contributed by atoms with Crippen molar-refractivity contribution in [3.8, 4) is 11.3 Å². The minimum atomic E-state index is -0.394. The van der Waals surface area contributed by atoms with Crippen LogP contribution in [-0.2, 0) is 16.1 Å². The Morgan fingerprint density at radius 1 is 1.48 bits per heavy atom. The number of aliphatic hydroxyl groups excluding tert-OH is 1. The van der Waals surface area contributed by atoms with Crippen LogP contribution in [0.15, 0.2) is 30.3 Å². The van der Waals surface area contributed by atoms with Crippen molar-refractivity contribution in [3.63, 3.8) is 0 Å². The molecule has 6 nitrogen and oxygen atoms in total. The second-order valence-corrected chi connectivity index (χ2v) is 5.67. The fourth-order valence-corrected chi connectivity index (χ4v) is 2.77. The number of anilines is 1. The lowest BCUT2D eigenvalue weighted by atomic mass is 10.1. The van der Waals surface area contributed by atoms with E-state index in [1.165, 1.54) is 0 Å². The molecule has 2 aromatic rings. The molecule has 1 aromatic carbocycles. The van der Waals surface area contributed by atoms with Gasteiger partial charge in [-0.15, -0.1) is 0 Å². The topological polar surface area (TPSA) is 76.4 Å². The first kappa shape index (κ1) is 15.7. The highest BCUT2D eigenvalue weighted by Gasteiger charge is 2.25. The Hall–Kier alpha value is -2.18. The normalized spacial score (nSPS) is 17.4. The Labute approximate surface area is 135 Å². The van der Waals surface area contributed by atoms with Crippen molar-refractivity contribution in [2.24, 2.45) is 0 Å². The fourth-order valence-electron chi connectivity index (χ4n) is 2.77. The molecule has 122 valence electrons. The molecule has 1 saturated heterocycles. The van der Waals surface area contributed by atoms with Crippen LogP contribution in [0.25, 0.3) is 11.3 Å². The van der Waals surface area contributed by atoms with E-state index >= 15 is 0 Å². The van der Waals surface area contributed by atoms with Crippen LogP contribution in [0.2, 0.25) is 0 Å². The summed E-state index contributed by atoms with van der Waals surface area (Å²) >= 11 is 0. The largest absolute Gasteiger partial charge is 0.394 e. The molecule has 0 radical (unpaired) electrons. The number of hydrogen-bond donors (Lipinski definition) is 2. The number of benzene rings is 1. The molecule has 1 fully saturated rings. The Morgan fingerprint density at radius 3 is 3.00 bits per heavy atom. The van der Waals surface area contributed by atoms with Crippen molar-refractivity contribution in [1.29, 1.82) is 0 Å². The minimum absolute atomic E-state index is 0.0440. The summed E-state index contributed by atoms with van der Waals surface area (Å²) in [5.74, 6) is 0.427. The quantitative estimate of drug-likeness (QED) is 0.884. The van der Waals surface area contributed by atoms with Crippen LogP contribution in [0.5, 0.6) is 0 Å². The third-order valence-corrected chi connectivity index (χ3v) is 3.99. The number of nitrogens with zero attached hydrogens (tertiary/aromatic N) is 2. The second-order valence-electron chi connectivity index (χ2n) is 5.67. The number of carbonyl (C=O) groups excluding carboxylic acids is 1. The average molecular weight is 315 g/mol. The van der Waals surface area contributed by atoms with Gasteiger partial charge in [0.1, 0.15) is 11.9 Å². The number of amides is 1. The summed E-state index contributed by atoms with van der Waals surface area (Å²) in [5, 5.41) is 16.6. The van der Waals surface area contributed by atoms with Crippen LogP contribution in [0.4, 0.5) is 5.82 Å². The summed E-state index contributed by atoms with van der Waals surface area (Å²) in [6, 6.07) is 9.78. The number of hydrogen-bond acceptors (Lipinski definition) is 4. The maximum Gasteiger partial charge on any atom is 0.254 e. The van der Waals surface area contributed by atoms with Gasteiger partial charge in [-0.05, 0) is 25.3 Å². The van der Waals surface area contributed by atoms with Crippen LogP contribution in [-0.4, -0.2) is 40.1 Å². The summed E-state index contributed by atoms with van der Waals surface area (Å²) in [5.41, 5.74) is 2.90. The Kier molecular flexibility index (Phi) is 4.73. The van der Waals surface area contributed by atoms with Gasteiger partial charge in [0.05, 0.1) is 18.8 Å². The summed E-state index contributed by atoms with van der Waals surface area (Å²) in [4.78, 5) is 12.2. The smallest absolute Gasteiger partial charge is 0.254 e. The Balaban J connectivity index is 1.86. The molecule has 0 unspecified atom stereocenters. The van der Waals surface area contributed by atoms with Gasteiger partial charge in [-0.1, -0.05) is 24.3 Å². The zero-order chi connectivity index (χ0) is 16.2. The number of aryl methyl sites for hydroxylation is 1. The summed E-state index contributed by atoms with van der Waals surface area (Å²) in [6.45, 7) is 2.93. The summed E-state index contributed by atoms with van der Waals surface area (Å²) in [6.07, 6.45) is 1.25. The van der Waals surface area contributed by atoms with Crippen molar-refractivity contribution in [2.75, 3.05) is 18.5 Å². The third kappa shape index (κ3) is 3.43. The van der Waals surface area contributed by atoms with E-state index in [1.807, 2.05) is 37.3 Å². The highest BCUT2D eigenvalue weighted by Crippen LogP contribution is 2.25. The molecule has 1 amide bonds. The molecule has 1 aliphatic heterocycles. The highest BCUT2D eigenvalue weighted by atomic mass is 16.5. The molecule has 0 bridgehead atoms. The molecule has 1 aromatic heterocycles. The monoisotopic (exact) mass is 315 g/mol. The molecule has 6 heteroatoms. The van der Waals surface area contributed by atoms with Gasteiger partial charge in [0, 0.05) is 18.2 Å². The first-order valence-corrected chi connectivity index (χ1v) is 7.86. The van der Waals surface area contributed by atoms with Crippen LogP contribution < -0.4 is 5.32 Å². The standard InChI is InChI=1S/C17H21N3O3/c1-12-5-2-3-6-13(12)14-11-16(20(19-14)8-9-21)18-17(22)15-7-4-10-23-15/h2-3,5-6,11,15,21H,4,7-10H2,1H3,(H,18,22)/t15-/m0/s1. The van der Waals surface area contributed by atoms with E-state index in [0.29, 0.717) is 19.0 Å². The van der Waals surface area contributed by atoms with E-state index in [9.17, 15) is 9.90 Å². The molecule has 0 saturated carbocycles. The Morgan fingerprint density at radius 2 is 2.30 bits per heavy atom. The molecule has 0 aliphatic carbocycles. The lowest BCUT2D eigenvalue weighted by Gasteiger charge is -2.11. The first-order chi connectivity index (χ1) is 11.2. The lowest BCUT2D eigenvalue weighted by molar-refractivity contribution is -0.124. The van der Waals surface area contributed by atoms with Crippen molar-refractivity contribution in [3.05, 3.63) is 35.9 Å². The minimum Gasteiger partial charge on any atom is -0.394 e. The van der Waals surface area contributed by atoms with Gasteiger partial charge in [-0.2, -0.15) is 5.10 Å². The van der Waals surface area contributed by atoms with Crippen LogP contribution >= 0.6 is 0 Å². The zero-order valence-electron chi connectivity index (χ0n) is 13.2. The van der Waals surface area contributed by atoms with Gasteiger partial charge in [0.15, 0.2) is 0 Å². The van der Waals surface area contributed by atoms with Gasteiger partial charge in [0.25, 0.3) is 5.91 Å². The predicted molar refractivity (Wildman–Crippen MR) is 87.1 cm³/mol. The molecule has 1 atom stereocenters. The first-order valence-electron chi connectivity index (χ1n) is 7.86.